The molecule has 3 atom stereocenters. The first-order valence-electron chi connectivity index (χ1n) is 8.74. The maximum atomic E-state index is 12.2. The van der Waals surface area contributed by atoms with Gasteiger partial charge in [-0.2, -0.15) is 0 Å². The third-order valence-corrected chi connectivity index (χ3v) is 4.52. The minimum atomic E-state index is -0.905. The summed E-state index contributed by atoms with van der Waals surface area (Å²) in [5.74, 6) is -0.267. The topological polar surface area (TPSA) is 108 Å². The summed E-state index contributed by atoms with van der Waals surface area (Å²) in [5, 5.41) is 13.5. The van der Waals surface area contributed by atoms with E-state index < -0.39 is 17.0 Å². The fourth-order valence-electron chi connectivity index (χ4n) is 2.92. The van der Waals surface area contributed by atoms with Crippen molar-refractivity contribution in [1.29, 1.82) is 0 Å². The normalized spacial score (nSPS) is 20.7. The molecule has 0 saturated heterocycles. The molecule has 142 valence electrons. The molecule has 0 heterocycles. The smallest absolute Gasteiger partial charge is 0.344 e. The Morgan fingerprint density at radius 2 is 1.92 bits per heavy atom. The van der Waals surface area contributed by atoms with Crippen LogP contribution in [-0.4, -0.2) is 35.6 Å². The van der Waals surface area contributed by atoms with E-state index in [1.54, 1.807) is 0 Å². The first-order valence-corrected chi connectivity index (χ1v) is 8.74. The zero-order valence-corrected chi connectivity index (χ0v) is 15.0. The number of esters is 1. The summed E-state index contributed by atoms with van der Waals surface area (Å²) in [6.45, 7) is 3.25. The molecule has 2 rings (SSSR count). The van der Waals surface area contributed by atoms with Gasteiger partial charge >= 0.3 is 5.97 Å². The molecule has 1 aromatic carbocycles. The van der Waals surface area contributed by atoms with Gasteiger partial charge in [-0.05, 0) is 37.8 Å². The Labute approximate surface area is 152 Å². The molecule has 1 fully saturated rings. The van der Waals surface area contributed by atoms with Gasteiger partial charge in [0.25, 0.3) is 11.6 Å². The monoisotopic (exact) mass is 364 g/mol. The van der Waals surface area contributed by atoms with Crippen LogP contribution in [0.15, 0.2) is 24.3 Å². The van der Waals surface area contributed by atoms with Crippen LogP contribution in [0.25, 0.3) is 0 Å². The maximum absolute atomic E-state index is 12.2. The van der Waals surface area contributed by atoms with Crippen LogP contribution in [0.4, 0.5) is 5.69 Å². The van der Waals surface area contributed by atoms with Crippen LogP contribution in [0, 0.1) is 16.0 Å². The van der Waals surface area contributed by atoms with E-state index in [2.05, 4.69) is 12.2 Å². The number of nitro benzene ring substituents is 1. The number of amides is 1. The minimum absolute atomic E-state index is 0.0674. The van der Waals surface area contributed by atoms with Crippen LogP contribution in [0.1, 0.15) is 39.5 Å². The maximum Gasteiger partial charge on any atom is 0.344 e. The first-order chi connectivity index (χ1) is 12.4. The highest BCUT2D eigenvalue weighted by Gasteiger charge is 2.26. The van der Waals surface area contributed by atoms with Gasteiger partial charge in [-0.15, -0.1) is 0 Å². The highest BCUT2D eigenvalue weighted by atomic mass is 16.6. The molecule has 0 unspecified atom stereocenters. The average molecular weight is 364 g/mol. The predicted molar refractivity (Wildman–Crippen MR) is 93.7 cm³/mol. The van der Waals surface area contributed by atoms with Gasteiger partial charge in [0.15, 0.2) is 12.7 Å². The van der Waals surface area contributed by atoms with Crippen LogP contribution < -0.4 is 10.1 Å². The molecule has 0 aliphatic heterocycles. The van der Waals surface area contributed by atoms with Gasteiger partial charge in [0.05, 0.1) is 4.92 Å². The second-order valence-electron chi connectivity index (χ2n) is 6.55. The minimum Gasteiger partial charge on any atom is -0.482 e. The molecule has 26 heavy (non-hydrogen) atoms. The fourth-order valence-corrected chi connectivity index (χ4v) is 2.92. The highest BCUT2D eigenvalue weighted by Crippen LogP contribution is 2.23. The summed E-state index contributed by atoms with van der Waals surface area (Å²) in [5.41, 5.74) is -0.0674. The Morgan fingerprint density at radius 3 is 2.54 bits per heavy atom. The third-order valence-electron chi connectivity index (χ3n) is 4.52. The Bertz CT molecular complexity index is 646. The van der Waals surface area contributed by atoms with Crippen LogP contribution in [0.2, 0.25) is 0 Å². The number of rotatable bonds is 7. The number of hydrogen-bond acceptors (Lipinski definition) is 6. The molecule has 1 aromatic rings. The van der Waals surface area contributed by atoms with Crippen LogP contribution in [-0.2, 0) is 14.3 Å². The molecule has 1 amide bonds. The van der Waals surface area contributed by atoms with Crippen molar-refractivity contribution in [3.8, 4) is 5.75 Å². The van der Waals surface area contributed by atoms with Crippen molar-refractivity contribution in [1.82, 2.24) is 5.32 Å². The largest absolute Gasteiger partial charge is 0.482 e. The Balaban J connectivity index is 1.75. The van der Waals surface area contributed by atoms with E-state index in [1.807, 2.05) is 0 Å². The molecule has 1 aliphatic carbocycles. The first kappa shape index (κ1) is 19.7. The van der Waals surface area contributed by atoms with E-state index in [0.29, 0.717) is 11.7 Å². The lowest BCUT2D eigenvalue weighted by Gasteiger charge is -2.30. The molecule has 1 saturated carbocycles. The van der Waals surface area contributed by atoms with Gasteiger partial charge in [-0.1, -0.05) is 19.8 Å². The summed E-state index contributed by atoms with van der Waals surface area (Å²) < 4.78 is 10.3. The van der Waals surface area contributed by atoms with Crippen LogP contribution >= 0.6 is 0 Å². The number of nitrogens with zero attached hydrogens (tertiary/aromatic N) is 1. The second-order valence-corrected chi connectivity index (χ2v) is 6.55. The zero-order chi connectivity index (χ0) is 19.1. The number of hydrogen-bond donors (Lipinski definition) is 1. The number of nitrogens with one attached hydrogen (secondary N) is 1. The molecule has 0 bridgehead atoms. The summed E-state index contributed by atoms with van der Waals surface area (Å²) in [6, 6.07) is 5.47. The molecular weight excluding hydrogens is 340 g/mol. The Kier molecular flexibility index (Phi) is 6.94. The van der Waals surface area contributed by atoms with Gasteiger partial charge in [0.2, 0.25) is 0 Å². The predicted octanol–water partition coefficient (Wildman–Crippen LogP) is 2.60. The zero-order valence-electron chi connectivity index (χ0n) is 15.0. The molecule has 8 heteroatoms. The summed E-state index contributed by atoms with van der Waals surface area (Å²) in [6.07, 6.45) is 3.39. The molecule has 1 aliphatic rings. The fraction of sp³-hybridized carbons (Fsp3) is 0.556. The molecule has 0 spiro atoms. The number of benzene rings is 1. The third kappa shape index (κ3) is 5.72. The summed E-state index contributed by atoms with van der Waals surface area (Å²) in [4.78, 5) is 34.1. The lowest BCUT2D eigenvalue weighted by Crippen LogP contribution is -2.46. The molecule has 0 aromatic heterocycles. The van der Waals surface area contributed by atoms with Crippen molar-refractivity contribution < 1.29 is 24.0 Å². The summed E-state index contributed by atoms with van der Waals surface area (Å²) in [7, 11) is 0. The van der Waals surface area contributed by atoms with Crippen molar-refractivity contribution in [2.24, 2.45) is 5.92 Å². The lowest BCUT2D eigenvalue weighted by molar-refractivity contribution is -0.384. The number of nitro groups is 1. The Morgan fingerprint density at radius 1 is 1.27 bits per heavy atom. The van der Waals surface area contributed by atoms with E-state index in [1.165, 1.54) is 37.6 Å². The van der Waals surface area contributed by atoms with Crippen molar-refractivity contribution in [3.05, 3.63) is 34.4 Å². The molecule has 8 nitrogen and oxygen atoms in total. The summed E-state index contributed by atoms with van der Waals surface area (Å²) >= 11 is 0. The van der Waals surface area contributed by atoms with Gasteiger partial charge in [0.1, 0.15) is 5.75 Å². The number of carbonyl (C=O) groups excluding carboxylic acids is 2. The van der Waals surface area contributed by atoms with E-state index in [0.717, 1.165) is 19.3 Å². The standard InChI is InChI=1S/C18H24N2O6/c1-12-5-3-4-6-16(12)19-18(22)13(2)26-17(21)11-25-15-9-7-14(8-10-15)20(23)24/h7-10,12-13,16H,3-6,11H2,1-2H3,(H,19,22)/t12-,13+,16+/m0/s1. The Hall–Kier alpha value is -2.64. The van der Waals surface area contributed by atoms with E-state index >= 15 is 0 Å². The van der Waals surface area contributed by atoms with Crippen LogP contribution in [0.5, 0.6) is 5.75 Å². The lowest BCUT2D eigenvalue weighted by atomic mass is 9.86. The van der Waals surface area contributed by atoms with Gasteiger partial charge in [-0.25, -0.2) is 4.79 Å². The molecule has 0 radical (unpaired) electrons. The van der Waals surface area contributed by atoms with Crippen LogP contribution in [0.3, 0.4) is 0 Å². The highest BCUT2D eigenvalue weighted by molar-refractivity contribution is 5.83. The van der Waals surface area contributed by atoms with Crippen molar-refractivity contribution in [2.45, 2.75) is 51.7 Å². The van der Waals surface area contributed by atoms with Gasteiger partial charge in [-0.3, -0.25) is 14.9 Å². The molecule has 1 N–H and O–H groups in total. The van der Waals surface area contributed by atoms with Gasteiger partial charge < -0.3 is 14.8 Å². The van der Waals surface area contributed by atoms with Crippen molar-refractivity contribution in [2.75, 3.05) is 6.61 Å². The SMILES string of the molecule is C[C@@H](OC(=O)COc1ccc([N+](=O)[O-])cc1)C(=O)N[C@@H]1CCCC[C@@H]1C. The van der Waals surface area contributed by atoms with Crippen molar-refractivity contribution in [3.63, 3.8) is 0 Å². The van der Waals surface area contributed by atoms with Crippen molar-refractivity contribution >= 4 is 17.6 Å². The van der Waals surface area contributed by atoms with E-state index in [4.69, 9.17) is 9.47 Å². The van der Waals surface area contributed by atoms with Gasteiger partial charge in [0, 0.05) is 18.2 Å². The van der Waals surface area contributed by atoms with E-state index in [-0.39, 0.29) is 24.2 Å². The number of carbonyl (C=O) groups is 2. The molecular formula is C18H24N2O6. The second kappa shape index (κ2) is 9.17. The average Bonchev–Trinajstić information content (AvgIpc) is 2.62. The number of ether oxygens (including phenoxy) is 2. The quantitative estimate of drug-likeness (QED) is 0.453. The number of non-ortho nitro benzene ring substituents is 1. The van der Waals surface area contributed by atoms with E-state index in [9.17, 15) is 19.7 Å².